The molecule has 1 amide bonds. The first-order valence-electron chi connectivity index (χ1n) is 8.71. The summed E-state index contributed by atoms with van der Waals surface area (Å²) in [5.74, 6) is -0.465. The Labute approximate surface area is 168 Å². The van der Waals surface area contributed by atoms with E-state index in [2.05, 4.69) is 5.32 Å². The van der Waals surface area contributed by atoms with Gasteiger partial charge in [0.2, 0.25) is 15.9 Å². The number of rotatable bonds is 5. The smallest absolute Gasteiger partial charge is 0.243 e. The predicted octanol–water partition coefficient (Wildman–Crippen LogP) is 3.53. The van der Waals surface area contributed by atoms with Gasteiger partial charge in [-0.1, -0.05) is 11.6 Å². The Balaban J connectivity index is 1.61. The number of hydrogen-bond donors (Lipinski definition) is 1. The minimum Gasteiger partial charge on any atom is -0.495 e. The SMILES string of the molecule is COc1ccc(NC(=O)C2CCN(S(=O)(=O)c3ccc(F)cc3)CC2)cc1Cl. The van der Waals surface area contributed by atoms with Crippen molar-refractivity contribution in [2.24, 2.45) is 5.92 Å². The Hall–Kier alpha value is -2.16. The summed E-state index contributed by atoms with van der Waals surface area (Å²) in [4.78, 5) is 12.5. The molecule has 0 unspecified atom stereocenters. The number of piperidine rings is 1. The number of methoxy groups -OCH3 is 1. The minimum absolute atomic E-state index is 0.0460. The molecule has 28 heavy (non-hydrogen) atoms. The number of nitrogens with one attached hydrogen (secondary N) is 1. The zero-order chi connectivity index (χ0) is 20.3. The van der Waals surface area contributed by atoms with Crippen LogP contribution in [0.1, 0.15) is 12.8 Å². The zero-order valence-corrected chi connectivity index (χ0v) is 16.8. The first-order chi connectivity index (χ1) is 13.3. The highest BCUT2D eigenvalue weighted by Crippen LogP contribution is 2.29. The quantitative estimate of drug-likeness (QED) is 0.793. The minimum atomic E-state index is -3.70. The summed E-state index contributed by atoms with van der Waals surface area (Å²) < 4.78 is 44.7. The molecule has 9 heteroatoms. The topological polar surface area (TPSA) is 75.7 Å². The molecule has 0 radical (unpaired) electrons. The van der Waals surface area contributed by atoms with E-state index in [9.17, 15) is 17.6 Å². The monoisotopic (exact) mass is 426 g/mol. The molecule has 2 aromatic rings. The third kappa shape index (κ3) is 4.45. The van der Waals surface area contributed by atoms with E-state index in [4.69, 9.17) is 16.3 Å². The molecule has 6 nitrogen and oxygen atoms in total. The fourth-order valence-corrected chi connectivity index (χ4v) is 4.83. The standard InChI is InChI=1S/C19H20ClFN2O4S/c1-27-18-7-4-15(12-17(18)20)22-19(24)13-8-10-23(11-9-13)28(25,26)16-5-2-14(21)3-6-16/h2-7,12-13H,8-11H2,1H3,(H,22,24). The summed E-state index contributed by atoms with van der Waals surface area (Å²) in [6.45, 7) is 0.447. The summed E-state index contributed by atoms with van der Waals surface area (Å²) in [7, 11) is -2.19. The Morgan fingerprint density at radius 2 is 1.82 bits per heavy atom. The van der Waals surface area contributed by atoms with Crippen LogP contribution in [0, 0.1) is 11.7 Å². The number of nitrogens with zero attached hydrogens (tertiary/aromatic N) is 1. The number of hydrogen-bond acceptors (Lipinski definition) is 4. The highest BCUT2D eigenvalue weighted by Gasteiger charge is 2.32. The number of halogens is 2. The lowest BCUT2D eigenvalue weighted by Gasteiger charge is -2.30. The van der Waals surface area contributed by atoms with E-state index in [1.165, 1.54) is 23.5 Å². The molecule has 1 heterocycles. The molecule has 0 atom stereocenters. The highest BCUT2D eigenvalue weighted by molar-refractivity contribution is 7.89. The van der Waals surface area contributed by atoms with Crippen LogP contribution < -0.4 is 10.1 Å². The first-order valence-corrected chi connectivity index (χ1v) is 10.5. The van der Waals surface area contributed by atoms with Gasteiger partial charge < -0.3 is 10.1 Å². The molecule has 1 saturated heterocycles. The van der Waals surface area contributed by atoms with Gasteiger partial charge in [-0.05, 0) is 55.3 Å². The lowest BCUT2D eigenvalue weighted by atomic mass is 9.97. The summed E-state index contributed by atoms with van der Waals surface area (Å²) in [6.07, 6.45) is 0.798. The van der Waals surface area contributed by atoms with Gasteiger partial charge in [0.15, 0.2) is 0 Å². The van der Waals surface area contributed by atoms with Crippen LogP contribution in [0.15, 0.2) is 47.4 Å². The number of carbonyl (C=O) groups excluding carboxylic acids is 1. The molecule has 0 spiro atoms. The number of ether oxygens (including phenoxy) is 1. The molecule has 0 bridgehead atoms. The van der Waals surface area contributed by atoms with Gasteiger partial charge in [-0.3, -0.25) is 4.79 Å². The van der Waals surface area contributed by atoms with Crippen molar-refractivity contribution in [3.05, 3.63) is 53.3 Å². The van der Waals surface area contributed by atoms with Gasteiger partial charge in [-0.2, -0.15) is 4.31 Å². The third-order valence-corrected chi connectivity index (χ3v) is 6.90. The maximum absolute atomic E-state index is 13.0. The Morgan fingerprint density at radius 3 is 2.39 bits per heavy atom. The molecule has 0 saturated carbocycles. The van der Waals surface area contributed by atoms with Gasteiger partial charge in [-0.25, -0.2) is 12.8 Å². The molecular formula is C19H20ClFN2O4S. The van der Waals surface area contributed by atoms with Crippen molar-refractivity contribution in [1.29, 1.82) is 0 Å². The van der Waals surface area contributed by atoms with E-state index in [1.54, 1.807) is 18.2 Å². The molecule has 1 aliphatic rings. The Morgan fingerprint density at radius 1 is 1.18 bits per heavy atom. The van der Waals surface area contributed by atoms with Crippen molar-refractivity contribution in [3.63, 3.8) is 0 Å². The molecule has 150 valence electrons. The van der Waals surface area contributed by atoms with Crippen LogP contribution in [0.2, 0.25) is 5.02 Å². The summed E-state index contributed by atoms with van der Waals surface area (Å²) in [5, 5.41) is 3.20. The lowest BCUT2D eigenvalue weighted by molar-refractivity contribution is -0.120. The summed E-state index contributed by atoms with van der Waals surface area (Å²) in [5.41, 5.74) is 0.553. The van der Waals surface area contributed by atoms with Crippen molar-refractivity contribution in [2.45, 2.75) is 17.7 Å². The number of benzene rings is 2. The van der Waals surface area contributed by atoms with Crippen LogP contribution in [-0.4, -0.2) is 38.8 Å². The van der Waals surface area contributed by atoms with Gasteiger partial charge in [0.25, 0.3) is 0 Å². The van der Waals surface area contributed by atoms with Crippen LogP contribution in [0.4, 0.5) is 10.1 Å². The Bertz CT molecular complexity index is 958. The van der Waals surface area contributed by atoms with E-state index < -0.39 is 15.8 Å². The maximum atomic E-state index is 13.0. The van der Waals surface area contributed by atoms with Crippen molar-refractivity contribution < 1.29 is 22.3 Å². The number of amides is 1. The first kappa shape index (κ1) is 20.6. The second-order valence-corrected chi connectivity index (χ2v) is 8.82. The van der Waals surface area contributed by atoms with E-state index in [0.29, 0.717) is 29.3 Å². The lowest BCUT2D eigenvalue weighted by Crippen LogP contribution is -2.41. The summed E-state index contributed by atoms with van der Waals surface area (Å²) >= 11 is 6.06. The summed E-state index contributed by atoms with van der Waals surface area (Å²) in [6, 6.07) is 9.69. The van der Waals surface area contributed by atoms with Gasteiger partial charge in [0.05, 0.1) is 17.0 Å². The number of anilines is 1. The fraction of sp³-hybridized carbons (Fsp3) is 0.316. The second-order valence-electron chi connectivity index (χ2n) is 6.47. The van der Waals surface area contributed by atoms with Crippen LogP contribution in [-0.2, 0) is 14.8 Å². The average Bonchev–Trinajstić information content (AvgIpc) is 2.68. The van der Waals surface area contributed by atoms with E-state index in [0.717, 1.165) is 12.1 Å². The molecular weight excluding hydrogens is 407 g/mol. The molecule has 0 aliphatic carbocycles. The van der Waals surface area contributed by atoms with Crippen molar-refractivity contribution >= 4 is 33.2 Å². The second kappa shape index (κ2) is 8.46. The van der Waals surface area contributed by atoms with Crippen molar-refractivity contribution in [2.75, 3.05) is 25.5 Å². The predicted molar refractivity (Wildman–Crippen MR) is 105 cm³/mol. The van der Waals surface area contributed by atoms with Gasteiger partial charge >= 0.3 is 0 Å². The van der Waals surface area contributed by atoms with E-state index in [-0.39, 0.29) is 29.8 Å². The van der Waals surface area contributed by atoms with E-state index in [1.807, 2.05) is 0 Å². The van der Waals surface area contributed by atoms with Crippen molar-refractivity contribution in [1.82, 2.24) is 4.31 Å². The molecule has 0 aromatic heterocycles. The van der Waals surface area contributed by atoms with Gasteiger partial charge in [0.1, 0.15) is 11.6 Å². The third-order valence-electron chi connectivity index (χ3n) is 4.70. The van der Waals surface area contributed by atoms with Crippen LogP contribution in [0.3, 0.4) is 0 Å². The van der Waals surface area contributed by atoms with E-state index >= 15 is 0 Å². The molecule has 1 aliphatic heterocycles. The largest absolute Gasteiger partial charge is 0.495 e. The van der Waals surface area contributed by atoms with Crippen LogP contribution >= 0.6 is 11.6 Å². The van der Waals surface area contributed by atoms with Crippen molar-refractivity contribution in [3.8, 4) is 5.75 Å². The molecule has 1 fully saturated rings. The Kier molecular flexibility index (Phi) is 6.22. The molecule has 3 rings (SSSR count). The molecule has 2 aromatic carbocycles. The van der Waals surface area contributed by atoms with Crippen LogP contribution in [0.25, 0.3) is 0 Å². The van der Waals surface area contributed by atoms with Gasteiger partial charge in [-0.15, -0.1) is 0 Å². The van der Waals surface area contributed by atoms with Crippen LogP contribution in [0.5, 0.6) is 5.75 Å². The normalized spacial score (nSPS) is 16.0. The number of carbonyl (C=O) groups is 1. The fourth-order valence-electron chi connectivity index (χ4n) is 3.10. The zero-order valence-electron chi connectivity index (χ0n) is 15.2. The number of sulfonamides is 1. The molecule has 1 N–H and O–H groups in total. The van der Waals surface area contributed by atoms with Gasteiger partial charge in [0, 0.05) is 24.7 Å². The average molecular weight is 427 g/mol. The maximum Gasteiger partial charge on any atom is 0.243 e. The highest BCUT2D eigenvalue weighted by atomic mass is 35.5.